The van der Waals surface area contributed by atoms with E-state index in [4.69, 9.17) is 0 Å². The molecule has 25 heavy (non-hydrogen) atoms. The third kappa shape index (κ3) is 3.40. The highest BCUT2D eigenvalue weighted by Gasteiger charge is 2.27. The van der Waals surface area contributed by atoms with Gasteiger partial charge in [-0.1, -0.05) is 37.3 Å². The van der Waals surface area contributed by atoms with Gasteiger partial charge in [0.1, 0.15) is 17.4 Å². The zero-order valence-corrected chi connectivity index (χ0v) is 13.8. The molecule has 0 aliphatic heterocycles. The van der Waals surface area contributed by atoms with Gasteiger partial charge < -0.3 is 5.32 Å². The van der Waals surface area contributed by atoms with E-state index in [9.17, 15) is 14.0 Å². The SMILES string of the molecule is CC(C)C(C(=O)Nc1cccc(F)c1)n1nnc2ccccc2c1=O. The van der Waals surface area contributed by atoms with Crippen LogP contribution >= 0.6 is 0 Å². The molecule has 0 aliphatic carbocycles. The van der Waals surface area contributed by atoms with E-state index in [2.05, 4.69) is 15.6 Å². The fourth-order valence-electron chi connectivity index (χ4n) is 2.66. The molecule has 1 heterocycles. The molecule has 7 heteroatoms. The van der Waals surface area contributed by atoms with Crippen molar-refractivity contribution in [3.8, 4) is 0 Å². The minimum Gasteiger partial charge on any atom is -0.324 e. The standard InChI is InChI=1S/C18H17FN4O2/c1-11(2)16(17(24)20-13-7-5-6-12(19)10-13)23-18(25)14-8-3-4-9-15(14)21-22-23/h3-11,16H,1-2H3,(H,20,24). The lowest BCUT2D eigenvalue weighted by Gasteiger charge is -2.21. The summed E-state index contributed by atoms with van der Waals surface area (Å²) in [5, 5.41) is 11.0. The van der Waals surface area contributed by atoms with Crippen LogP contribution in [-0.2, 0) is 4.79 Å². The molecular weight excluding hydrogens is 323 g/mol. The third-order valence-corrected chi connectivity index (χ3v) is 3.85. The van der Waals surface area contributed by atoms with Crippen LogP contribution in [0.25, 0.3) is 10.9 Å². The van der Waals surface area contributed by atoms with E-state index in [0.29, 0.717) is 16.6 Å². The lowest BCUT2D eigenvalue weighted by molar-refractivity contribution is -0.120. The molecule has 1 amide bonds. The Morgan fingerprint density at radius 2 is 1.92 bits per heavy atom. The second kappa shape index (κ2) is 6.80. The monoisotopic (exact) mass is 340 g/mol. The number of hydrogen-bond acceptors (Lipinski definition) is 4. The van der Waals surface area contributed by atoms with Gasteiger partial charge in [0.2, 0.25) is 5.91 Å². The van der Waals surface area contributed by atoms with Crippen molar-refractivity contribution in [3.05, 3.63) is 64.7 Å². The summed E-state index contributed by atoms with van der Waals surface area (Å²) >= 11 is 0. The largest absolute Gasteiger partial charge is 0.324 e. The molecule has 0 saturated carbocycles. The summed E-state index contributed by atoms with van der Waals surface area (Å²) in [5.74, 6) is -1.13. The number of anilines is 1. The Morgan fingerprint density at radius 1 is 1.16 bits per heavy atom. The Morgan fingerprint density at radius 3 is 2.64 bits per heavy atom. The Balaban J connectivity index is 2.00. The van der Waals surface area contributed by atoms with Crippen LogP contribution in [0, 0.1) is 11.7 Å². The Kier molecular flexibility index (Phi) is 4.56. The lowest BCUT2D eigenvalue weighted by atomic mass is 10.0. The average molecular weight is 340 g/mol. The number of halogens is 1. The van der Waals surface area contributed by atoms with Crippen LogP contribution in [-0.4, -0.2) is 20.9 Å². The van der Waals surface area contributed by atoms with E-state index in [1.54, 1.807) is 44.2 Å². The predicted molar refractivity (Wildman–Crippen MR) is 92.7 cm³/mol. The van der Waals surface area contributed by atoms with Crippen molar-refractivity contribution in [1.82, 2.24) is 15.0 Å². The maximum absolute atomic E-state index is 13.3. The zero-order chi connectivity index (χ0) is 18.0. The maximum Gasteiger partial charge on any atom is 0.278 e. The summed E-state index contributed by atoms with van der Waals surface area (Å²) in [6, 6.07) is 11.5. The fourth-order valence-corrected chi connectivity index (χ4v) is 2.66. The van der Waals surface area contributed by atoms with Gasteiger partial charge in [-0.25, -0.2) is 4.39 Å². The number of carbonyl (C=O) groups is 1. The van der Waals surface area contributed by atoms with Crippen LogP contribution in [0.3, 0.4) is 0 Å². The Bertz CT molecular complexity index is 984. The molecular formula is C18H17FN4O2. The summed E-state index contributed by atoms with van der Waals surface area (Å²) < 4.78 is 14.4. The van der Waals surface area contributed by atoms with E-state index in [1.165, 1.54) is 18.2 Å². The number of amides is 1. The highest BCUT2D eigenvalue weighted by Crippen LogP contribution is 2.19. The van der Waals surface area contributed by atoms with Crippen molar-refractivity contribution >= 4 is 22.5 Å². The van der Waals surface area contributed by atoms with E-state index < -0.39 is 23.3 Å². The molecule has 1 atom stereocenters. The molecule has 0 radical (unpaired) electrons. The van der Waals surface area contributed by atoms with Crippen LogP contribution in [0.15, 0.2) is 53.3 Å². The smallest absolute Gasteiger partial charge is 0.278 e. The number of aromatic nitrogens is 3. The molecule has 0 saturated heterocycles. The molecule has 6 nitrogen and oxygen atoms in total. The summed E-state index contributed by atoms with van der Waals surface area (Å²) in [7, 11) is 0. The minimum atomic E-state index is -0.868. The van der Waals surface area contributed by atoms with Crippen LogP contribution < -0.4 is 10.9 Å². The van der Waals surface area contributed by atoms with Crippen LogP contribution in [0.4, 0.5) is 10.1 Å². The molecule has 2 aromatic carbocycles. The second-order valence-electron chi connectivity index (χ2n) is 6.04. The summed E-state index contributed by atoms with van der Waals surface area (Å²) in [5.41, 5.74) is 0.396. The van der Waals surface area contributed by atoms with Crippen LogP contribution in [0.2, 0.25) is 0 Å². The topological polar surface area (TPSA) is 76.9 Å². The van der Waals surface area contributed by atoms with Crippen LogP contribution in [0.5, 0.6) is 0 Å². The van der Waals surface area contributed by atoms with E-state index in [1.807, 2.05) is 0 Å². The molecule has 0 bridgehead atoms. The quantitative estimate of drug-likeness (QED) is 0.792. The van der Waals surface area contributed by atoms with Crippen LogP contribution in [0.1, 0.15) is 19.9 Å². The van der Waals surface area contributed by atoms with Crippen molar-refractivity contribution < 1.29 is 9.18 Å². The maximum atomic E-state index is 13.3. The van der Waals surface area contributed by atoms with E-state index >= 15 is 0 Å². The first kappa shape index (κ1) is 16.8. The van der Waals surface area contributed by atoms with Crippen molar-refractivity contribution in [2.75, 3.05) is 5.32 Å². The normalized spacial score (nSPS) is 12.3. The molecule has 3 aromatic rings. The van der Waals surface area contributed by atoms with Gasteiger partial charge in [-0.05, 0) is 36.2 Å². The van der Waals surface area contributed by atoms with Crippen molar-refractivity contribution in [1.29, 1.82) is 0 Å². The molecule has 0 aliphatic rings. The fraction of sp³-hybridized carbons (Fsp3) is 0.222. The molecule has 1 unspecified atom stereocenters. The van der Waals surface area contributed by atoms with E-state index in [0.717, 1.165) is 4.68 Å². The number of nitrogens with one attached hydrogen (secondary N) is 1. The first-order valence-corrected chi connectivity index (χ1v) is 7.88. The molecule has 1 aromatic heterocycles. The Labute approximate surface area is 143 Å². The van der Waals surface area contributed by atoms with Gasteiger partial charge in [0.25, 0.3) is 5.56 Å². The molecule has 3 rings (SSSR count). The number of carbonyl (C=O) groups excluding carboxylic acids is 1. The highest BCUT2D eigenvalue weighted by molar-refractivity contribution is 5.94. The highest BCUT2D eigenvalue weighted by atomic mass is 19.1. The van der Waals surface area contributed by atoms with Gasteiger partial charge in [-0.2, -0.15) is 4.68 Å². The van der Waals surface area contributed by atoms with Gasteiger partial charge in [-0.15, -0.1) is 5.10 Å². The zero-order valence-electron chi connectivity index (χ0n) is 13.8. The molecule has 0 spiro atoms. The summed E-state index contributed by atoms with van der Waals surface area (Å²) in [6.45, 7) is 3.61. The predicted octanol–water partition coefficient (Wildman–Crippen LogP) is 2.77. The number of nitrogens with zero attached hydrogens (tertiary/aromatic N) is 3. The van der Waals surface area contributed by atoms with Gasteiger partial charge in [-0.3, -0.25) is 9.59 Å². The first-order valence-electron chi connectivity index (χ1n) is 7.88. The molecule has 1 N–H and O–H groups in total. The first-order chi connectivity index (χ1) is 12.0. The Hall–Kier alpha value is -3.09. The number of rotatable bonds is 4. The average Bonchev–Trinajstić information content (AvgIpc) is 2.57. The summed E-state index contributed by atoms with van der Waals surface area (Å²) in [4.78, 5) is 25.4. The van der Waals surface area contributed by atoms with Crippen molar-refractivity contribution in [2.24, 2.45) is 5.92 Å². The third-order valence-electron chi connectivity index (χ3n) is 3.85. The molecule has 0 fully saturated rings. The van der Waals surface area contributed by atoms with Crippen molar-refractivity contribution in [2.45, 2.75) is 19.9 Å². The van der Waals surface area contributed by atoms with Crippen molar-refractivity contribution in [3.63, 3.8) is 0 Å². The lowest BCUT2D eigenvalue weighted by Crippen LogP contribution is -2.38. The molecule has 128 valence electrons. The van der Waals surface area contributed by atoms with E-state index in [-0.39, 0.29) is 5.92 Å². The second-order valence-corrected chi connectivity index (χ2v) is 6.04. The number of hydrogen-bond donors (Lipinski definition) is 1. The van der Waals surface area contributed by atoms with Gasteiger partial charge in [0.05, 0.1) is 5.39 Å². The number of benzene rings is 2. The van der Waals surface area contributed by atoms with Gasteiger partial charge in [0, 0.05) is 5.69 Å². The minimum absolute atomic E-state index is 0.221. The van der Waals surface area contributed by atoms with Gasteiger partial charge in [0.15, 0.2) is 0 Å². The number of fused-ring (bicyclic) bond motifs is 1. The summed E-state index contributed by atoms with van der Waals surface area (Å²) in [6.07, 6.45) is 0. The van der Waals surface area contributed by atoms with Gasteiger partial charge >= 0.3 is 0 Å².